The Hall–Kier alpha value is -3.10. The van der Waals surface area contributed by atoms with Gasteiger partial charge in [0.25, 0.3) is 0 Å². The van der Waals surface area contributed by atoms with E-state index < -0.39 is 5.97 Å². The number of aliphatic carboxylic acids is 1. The SMILES string of the molecule is O=C([O-])C=CC(=O)N1CC[NH+](c2nc(-c3ccccc3)c3cc(Br)ccc3n2)CC1. The predicted octanol–water partition coefficient (Wildman–Crippen LogP) is 0.724. The molecule has 1 fully saturated rings. The third kappa shape index (κ3) is 4.39. The largest absolute Gasteiger partial charge is 0.545 e. The number of quaternary nitrogens is 1. The van der Waals surface area contributed by atoms with Crippen molar-refractivity contribution < 1.29 is 19.6 Å². The highest BCUT2D eigenvalue weighted by Gasteiger charge is 2.27. The number of rotatable bonds is 4. The summed E-state index contributed by atoms with van der Waals surface area (Å²) in [5.41, 5.74) is 2.76. The quantitative estimate of drug-likeness (QED) is 0.572. The van der Waals surface area contributed by atoms with Crippen LogP contribution in [0.4, 0.5) is 5.95 Å². The van der Waals surface area contributed by atoms with E-state index in [2.05, 4.69) is 15.9 Å². The number of nitrogens with zero attached hydrogens (tertiary/aromatic N) is 3. The molecule has 0 bridgehead atoms. The Labute approximate surface area is 181 Å². The average Bonchev–Trinajstić information content (AvgIpc) is 2.77. The summed E-state index contributed by atoms with van der Waals surface area (Å²) in [6.45, 7) is 2.27. The summed E-state index contributed by atoms with van der Waals surface area (Å²) in [7, 11) is 0. The zero-order valence-electron chi connectivity index (χ0n) is 16.0. The number of aromatic nitrogens is 2. The smallest absolute Gasteiger partial charge is 0.328 e. The maximum absolute atomic E-state index is 12.1. The first kappa shape index (κ1) is 20.2. The van der Waals surface area contributed by atoms with Gasteiger partial charge in [-0.25, -0.2) is 0 Å². The standard InChI is InChI=1S/C22H19BrN4O3/c23-16-6-7-18-17(14-16)21(15-4-2-1-3-5-15)25-22(24-18)27-12-10-26(11-13-27)19(28)8-9-20(29)30/h1-9,14H,10-13H2,(H,29,30). The molecule has 2 heterocycles. The summed E-state index contributed by atoms with van der Waals surface area (Å²) in [5, 5.41) is 11.5. The lowest BCUT2D eigenvalue weighted by atomic mass is 10.1. The topological polar surface area (TPSA) is 90.7 Å². The lowest BCUT2D eigenvalue weighted by molar-refractivity contribution is -0.842. The zero-order valence-corrected chi connectivity index (χ0v) is 17.6. The van der Waals surface area contributed by atoms with Crippen LogP contribution in [0.2, 0.25) is 0 Å². The number of hydrogen-bond donors (Lipinski definition) is 1. The fourth-order valence-corrected chi connectivity index (χ4v) is 3.90. The van der Waals surface area contributed by atoms with Crippen LogP contribution in [0, 0.1) is 0 Å². The molecule has 8 heteroatoms. The van der Waals surface area contributed by atoms with Crippen LogP contribution >= 0.6 is 15.9 Å². The summed E-state index contributed by atoms with van der Waals surface area (Å²) in [5.74, 6) is -1.01. The minimum absolute atomic E-state index is 0.326. The Morgan fingerprint density at radius 3 is 2.47 bits per heavy atom. The van der Waals surface area contributed by atoms with Crippen molar-refractivity contribution >= 4 is 44.7 Å². The predicted molar refractivity (Wildman–Crippen MR) is 114 cm³/mol. The Morgan fingerprint density at radius 2 is 1.77 bits per heavy atom. The number of piperazine rings is 1. The molecule has 0 saturated carbocycles. The molecule has 3 aromatic rings. The maximum atomic E-state index is 12.1. The Bertz CT molecular complexity index is 1130. The molecule has 0 aliphatic carbocycles. The molecule has 152 valence electrons. The number of carboxylic acids is 1. The lowest BCUT2D eigenvalue weighted by Crippen LogP contribution is -3.11. The second-order valence-electron chi connectivity index (χ2n) is 7.00. The van der Waals surface area contributed by atoms with E-state index in [9.17, 15) is 14.7 Å². The molecule has 30 heavy (non-hydrogen) atoms. The number of nitrogens with one attached hydrogen (secondary N) is 1. The molecule has 1 saturated heterocycles. The van der Waals surface area contributed by atoms with Crippen molar-refractivity contribution in [2.75, 3.05) is 26.2 Å². The highest BCUT2D eigenvalue weighted by molar-refractivity contribution is 9.10. The van der Waals surface area contributed by atoms with Gasteiger partial charge in [0.1, 0.15) is 13.1 Å². The van der Waals surface area contributed by atoms with Gasteiger partial charge in [-0.05, 0) is 24.3 Å². The second-order valence-corrected chi connectivity index (χ2v) is 7.92. The molecule has 1 aliphatic heterocycles. The number of amides is 1. The number of carboxylic acid groups (broad SMARTS) is 1. The van der Waals surface area contributed by atoms with Crippen LogP contribution in [0.5, 0.6) is 0 Å². The van der Waals surface area contributed by atoms with Gasteiger partial charge in [-0.1, -0.05) is 46.3 Å². The molecular weight excluding hydrogens is 448 g/mol. The fourth-order valence-electron chi connectivity index (χ4n) is 3.54. The van der Waals surface area contributed by atoms with Crippen molar-refractivity contribution in [1.29, 1.82) is 0 Å². The summed E-state index contributed by atoms with van der Waals surface area (Å²) >= 11 is 3.53. The van der Waals surface area contributed by atoms with Gasteiger partial charge in [-0.15, -0.1) is 0 Å². The average molecular weight is 467 g/mol. The summed E-state index contributed by atoms with van der Waals surface area (Å²) in [4.78, 5) is 35.0. The monoisotopic (exact) mass is 466 g/mol. The molecule has 0 radical (unpaired) electrons. The summed E-state index contributed by atoms with van der Waals surface area (Å²) in [6, 6.07) is 16.0. The van der Waals surface area contributed by atoms with Gasteiger partial charge in [0.15, 0.2) is 0 Å². The highest BCUT2D eigenvalue weighted by Crippen LogP contribution is 2.28. The van der Waals surface area contributed by atoms with E-state index >= 15 is 0 Å². The van der Waals surface area contributed by atoms with Crippen LogP contribution in [0.25, 0.3) is 22.2 Å². The number of fused-ring (bicyclic) bond motifs is 1. The maximum Gasteiger partial charge on any atom is 0.328 e. The molecule has 2 aromatic carbocycles. The number of carbonyl (C=O) groups excluding carboxylic acids is 2. The second kappa shape index (κ2) is 8.73. The minimum Gasteiger partial charge on any atom is -0.545 e. The zero-order chi connectivity index (χ0) is 21.1. The molecule has 1 aliphatic rings. The normalized spacial score (nSPS) is 15.0. The molecule has 1 aromatic heterocycles. The first-order valence-corrected chi connectivity index (χ1v) is 10.4. The van der Waals surface area contributed by atoms with Crippen molar-refractivity contribution in [1.82, 2.24) is 14.9 Å². The van der Waals surface area contributed by atoms with E-state index in [1.807, 2.05) is 48.5 Å². The van der Waals surface area contributed by atoms with Crippen molar-refractivity contribution in [2.24, 2.45) is 0 Å². The van der Waals surface area contributed by atoms with Gasteiger partial charge in [-0.2, -0.15) is 9.97 Å². The number of hydrogen-bond acceptors (Lipinski definition) is 5. The molecule has 4 rings (SSSR count). The van der Waals surface area contributed by atoms with Crippen LogP contribution in [0.1, 0.15) is 0 Å². The van der Waals surface area contributed by atoms with Gasteiger partial charge in [-0.3, -0.25) is 9.69 Å². The van der Waals surface area contributed by atoms with Crippen LogP contribution < -0.4 is 10.0 Å². The van der Waals surface area contributed by atoms with Gasteiger partial charge in [0.05, 0.1) is 30.3 Å². The van der Waals surface area contributed by atoms with Crippen molar-refractivity contribution in [3.8, 4) is 11.3 Å². The number of halogens is 1. The van der Waals surface area contributed by atoms with E-state index in [0.29, 0.717) is 32.1 Å². The summed E-state index contributed by atoms with van der Waals surface area (Å²) in [6.07, 6.45) is 1.80. The minimum atomic E-state index is -1.38. The molecule has 0 atom stereocenters. The third-order valence-corrected chi connectivity index (χ3v) is 5.56. The van der Waals surface area contributed by atoms with Crippen LogP contribution in [-0.2, 0) is 9.59 Å². The van der Waals surface area contributed by atoms with Crippen molar-refractivity contribution in [2.45, 2.75) is 0 Å². The molecule has 1 amide bonds. The van der Waals surface area contributed by atoms with Crippen molar-refractivity contribution in [3.05, 3.63) is 65.2 Å². The van der Waals surface area contributed by atoms with E-state index in [-0.39, 0.29) is 5.91 Å². The van der Waals surface area contributed by atoms with Gasteiger partial charge >= 0.3 is 5.95 Å². The molecule has 1 N–H and O–H groups in total. The molecular formula is C22H19BrN4O3. The van der Waals surface area contributed by atoms with E-state index in [1.54, 1.807) is 4.90 Å². The molecule has 7 nitrogen and oxygen atoms in total. The first-order chi connectivity index (χ1) is 14.5. The van der Waals surface area contributed by atoms with E-state index in [1.165, 1.54) is 0 Å². The van der Waals surface area contributed by atoms with Crippen molar-refractivity contribution in [3.63, 3.8) is 0 Å². The van der Waals surface area contributed by atoms with E-state index in [4.69, 9.17) is 9.97 Å². The number of carbonyl (C=O) groups is 2. The van der Waals surface area contributed by atoms with Gasteiger partial charge < -0.3 is 14.8 Å². The number of benzene rings is 2. The van der Waals surface area contributed by atoms with E-state index in [0.717, 1.165) is 43.7 Å². The molecule has 0 unspecified atom stereocenters. The third-order valence-electron chi connectivity index (χ3n) is 5.06. The highest BCUT2D eigenvalue weighted by atomic mass is 79.9. The van der Waals surface area contributed by atoms with Crippen LogP contribution in [-0.4, -0.2) is 52.9 Å². The van der Waals surface area contributed by atoms with Crippen LogP contribution in [0.15, 0.2) is 65.2 Å². The Balaban J connectivity index is 1.62. The van der Waals surface area contributed by atoms with Crippen LogP contribution in [0.3, 0.4) is 0 Å². The van der Waals surface area contributed by atoms with Gasteiger partial charge in [0.2, 0.25) is 5.91 Å². The first-order valence-electron chi connectivity index (χ1n) is 9.57. The summed E-state index contributed by atoms with van der Waals surface area (Å²) < 4.78 is 0.965. The Morgan fingerprint density at radius 1 is 1.03 bits per heavy atom. The Kier molecular flexibility index (Phi) is 5.87. The molecule has 0 spiro atoms. The fraction of sp³-hybridized carbons (Fsp3) is 0.182. The lowest BCUT2D eigenvalue weighted by Gasteiger charge is -2.30. The van der Waals surface area contributed by atoms with Gasteiger partial charge in [0, 0.05) is 21.5 Å².